The maximum Gasteiger partial charge on any atom is 2.00 e. The zero-order valence-electron chi connectivity index (χ0n) is 7.22. The summed E-state index contributed by atoms with van der Waals surface area (Å²) in [5.74, 6) is -0.158. The van der Waals surface area contributed by atoms with Crippen molar-refractivity contribution in [2.24, 2.45) is 0 Å². The molecule has 0 aromatic carbocycles. The van der Waals surface area contributed by atoms with Crippen LogP contribution in [0, 0.1) is 6.42 Å². The molecule has 0 unspecified atom stereocenters. The molecule has 12 heavy (non-hydrogen) atoms. The first kappa shape index (κ1) is 13.2. The summed E-state index contributed by atoms with van der Waals surface area (Å²) < 4.78 is 11.1. The number of hydrogen-bond donors (Lipinski definition) is 0. The molecule has 0 aromatic heterocycles. The zero-order chi connectivity index (χ0) is 6.86. The summed E-state index contributed by atoms with van der Waals surface area (Å²) in [4.78, 5) is 0. The molecule has 0 aromatic rings. The van der Waals surface area contributed by atoms with E-state index < -0.39 is 0 Å². The van der Waals surface area contributed by atoms with Crippen LogP contribution in [0.2, 0.25) is 0 Å². The van der Waals surface area contributed by atoms with Crippen LogP contribution in [0.3, 0.4) is 0 Å². The molecule has 2 rings (SSSR count). The first-order chi connectivity index (χ1) is 4.91. The molecule has 2 aliphatic rings. The molecule has 1 saturated heterocycles. The van der Waals surface area contributed by atoms with Gasteiger partial charge in [0.25, 0.3) is 0 Å². The molecule has 1 aliphatic carbocycles. The molecule has 1 aliphatic heterocycles. The number of halogens is 1. The van der Waals surface area contributed by atoms with Gasteiger partial charge in [-0.05, 0) is 12.8 Å². The van der Waals surface area contributed by atoms with Gasteiger partial charge in [0, 0.05) is 0 Å². The number of hydrogen-bond acceptors (Lipinski definition) is 2. The van der Waals surface area contributed by atoms with Gasteiger partial charge in [0.2, 0.25) is 0 Å². The van der Waals surface area contributed by atoms with Crippen molar-refractivity contribution in [2.45, 2.75) is 31.5 Å². The van der Waals surface area contributed by atoms with Gasteiger partial charge in [-0.3, -0.25) is 0 Å². The van der Waals surface area contributed by atoms with Crippen molar-refractivity contribution >= 4 is 23.1 Å². The Morgan fingerprint density at radius 2 is 1.50 bits per heavy atom. The summed E-state index contributed by atoms with van der Waals surface area (Å²) in [5, 5.41) is 0. The van der Waals surface area contributed by atoms with E-state index >= 15 is 0 Å². The van der Waals surface area contributed by atoms with Crippen LogP contribution in [-0.2, 0) is 9.47 Å². The Kier molecular flexibility index (Phi) is 6.37. The molecule has 0 bridgehead atoms. The standard InChI is InChI=1S/C8H13O2.BrH.Mg/c1-2-4-8(5-3-1)9-6-7-10-8;;/h1H,2-7H2;1H;/q-1;;+2/p-1. The van der Waals surface area contributed by atoms with Crippen LogP contribution in [-0.4, -0.2) is 42.1 Å². The van der Waals surface area contributed by atoms with Crippen molar-refractivity contribution in [1.82, 2.24) is 0 Å². The Labute approximate surface area is 100 Å². The summed E-state index contributed by atoms with van der Waals surface area (Å²) in [6, 6.07) is 0. The Morgan fingerprint density at radius 3 is 2.00 bits per heavy atom. The van der Waals surface area contributed by atoms with Crippen molar-refractivity contribution < 1.29 is 26.5 Å². The minimum absolute atomic E-state index is 0. The zero-order valence-corrected chi connectivity index (χ0v) is 10.2. The molecular weight excluding hydrogens is 232 g/mol. The molecule has 0 amide bonds. The smallest absolute Gasteiger partial charge is 1.00 e. The number of rotatable bonds is 0. The van der Waals surface area contributed by atoms with Crippen LogP contribution in [0.1, 0.15) is 25.7 Å². The molecule has 1 heterocycles. The van der Waals surface area contributed by atoms with Crippen molar-refractivity contribution in [3.05, 3.63) is 6.42 Å². The van der Waals surface area contributed by atoms with Crippen LogP contribution < -0.4 is 17.0 Å². The average molecular weight is 245 g/mol. The fourth-order valence-electron chi connectivity index (χ4n) is 1.70. The summed E-state index contributed by atoms with van der Waals surface area (Å²) in [7, 11) is 0. The third-order valence-electron chi connectivity index (χ3n) is 2.27. The van der Waals surface area contributed by atoms with E-state index in [-0.39, 0.29) is 45.8 Å². The van der Waals surface area contributed by atoms with E-state index in [2.05, 4.69) is 6.42 Å². The van der Waals surface area contributed by atoms with Gasteiger partial charge >= 0.3 is 23.1 Å². The van der Waals surface area contributed by atoms with E-state index in [0.29, 0.717) is 0 Å². The van der Waals surface area contributed by atoms with E-state index in [1.807, 2.05) is 0 Å². The minimum Gasteiger partial charge on any atom is -1.00 e. The summed E-state index contributed by atoms with van der Waals surface area (Å²) >= 11 is 0. The van der Waals surface area contributed by atoms with Crippen LogP contribution in [0.15, 0.2) is 0 Å². The maximum atomic E-state index is 5.54. The molecule has 0 N–H and O–H groups in total. The normalized spacial score (nSPS) is 26.0. The van der Waals surface area contributed by atoms with E-state index in [9.17, 15) is 0 Å². The summed E-state index contributed by atoms with van der Waals surface area (Å²) in [5.41, 5.74) is 0. The molecule has 2 nitrogen and oxygen atoms in total. The van der Waals surface area contributed by atoms with Crippen molar-refractivity contribution in [3.8, 4) is 0 Å². The second kappa shape index (κ2) is 5.80. The molecule has 66 valence electrons. The van der Waals surface area contributed by atoms with Crippen molar-refractivity contribution in [3.63, 3.8) is 0 Å². The predicted octanol–water partition coefficient (Wildman–Crippen LogP) is -1.87. The van der Waals surface area contributed by atoms with Gasteiger partial charge in [0.05, 0.1) is 13.2 Å². The van der Waals surface area contributed by atoms with Crippen LogP contribution in [0.4, 0.5) is 0 Å². The molecule has 0 radical (unpaired) electrons. The first-order valence-electron chi connectivity index (χ1n) is 4.01. The molecule has 0 atom stereocenters. The second-order valence-electron chi connectivity index (χ2n) is 2.97. The van der Waals surface area contributed by atoms with Gasteiger partial charge < -0.3 is 32.9 Å². The minimum atomic E-state index is -0.158. The van der Waals surface area contributed by atoms with Crippen molar-refractivity contribution in [1.29, 1.82) is 0 Å². The monoisotopic (exact) mass is 244 g/mol. The van der Waals surface area contributed by atoms with E-state index in [1.165, 1.54) is 0 Å². The Morgan fingerprint density at radius 1 is 1.00 bits per heavy atom. The van der Waals surface area contributed by atoms with E-state index in [1.54, 1.807) is 0 Å². The maximum absolute atomic E-state index is 5.54. The fraction of sp³-hybridized carbons (Fsp3) is 0.875. The van der Waals surface area contributed by atoms with Gasteiger partial charge in [-0.15, -0.1) is 0 Å². The molecule has 4 heteroatoms. The molecule has 1 saturated carbocycles. The Balaban J connectivity index is 0.000000605. The largest absolute Gasteiger partial charge is 2.00 e. The van der Waals surface area contributed by atoms with Gasteiger partial charge in [-0.2, -0.15) is 12.8 Å². The van der Waals surface area contributed by atoms with Gasteiger partial charge in [0.1, 0.15) is 0 Å². The first-order valence-corrected chi connectivity index (χ1v) is 4.01. The van der Waals surface area contributed by atoms with E-state index in [4.69, 9.17) is 9.47 Å². The quantitative estimate of drug-likeness (QED) is 0.368. The Hall–Kier alpha value is 1.17. The summed E-state index contributed by atoms with van der Waals surface area (Å²) in [6.07, 6.45) is 6.75. The van der Waals surface area contributed by atoms with Gasteiger partial charge in [-0.1, -0.05) is 0 Å². The van der Waals surface area contributed by atoms with Gasteiger partial charge in [0.15, 0.2) is 5.79 Å². The summed E-state index contributed by atoms with van der Waals surface area (Å²) in [6.45, 7) is 1.58. The van der Waals surface area contributed by atoms with Crippen LogP contribution in [0.25, 0.3) is 0 Å². The van der Waals surface area contributed by atoms with Crippen LogP contribution >= 0.6 is 0 Å². The van der Waals surface area contributed by atoms with Crippen LogP contribution in [0.5, 0.6) is 0 Å². The molecule has 2 fully saturated rings. The third kappa shape index (κ3) is 2.84. The number of ether oxygens (including phenoxy) is 2. The SMILES string of the molecule is [Br-].[CH-]1CCC2(CC1)OCCO2.[Mg+2]. The second-order valence-corrected chi connectivity index (χ2v) is 2.97. The van der Waals surface area contributed by atoms with Crippen molar-refractivity contribution in [2.75, 3.05) is 13.2 Å². The average Bonchev–Trinajstić information content (AvgIpc) is 2.39. The van der Waals surface area contributed by atoms with Gasteiger partial charge in [-0.25, -0.2) is 0 Å². The Bertz CT molecular complexity index is 118. The molecular formula is C8H13BrMgO2. The molecule has 1 spiro atoms. The van der Waals surface area contributed by atoms with E-state index in [0.717, 1.165) is 38.9 Å². The topological polar surface area (TPSA) is 18.5 Å². The predicted molar refractivity (Wildman–Crippen MR) is 43.2 cm³/mol. The third-order valence-corrected chi connectivity index (χ3v) is 2.27. The fourth-order valence-corrected chi connectivity index (χ4v) is 1.70.